The summed E-state index contributed by atoms with van der Waals surface area (Å²) in [5.41, 5.74) is 0.652. The molecule has 0 saturated carbocycles. The molecule has 0 atom stereocenters. The molecule has 3 aromatic heterocycles. The summed E-state index contributed by atoms with van der Waals surface area (Å²) in [6.45, 7) is 1.82. The number of halogens is 1. The zero-order valence-electron chi connectivity index (χ0n) is 15.2. The third kappa shape index (κ3) is 3.84. The van der Waals surface area contributed by atoms with Gasteiger partial charge in [0, 0.05) is 43.8 Å². The quantitative estimate of drug-likeness (QED) is 0.733. The Bertz CT molecular complexity index is 1020. The average molecular weight is 398 g/mol. The third-order valence-electron chi connectivity index (χ3n) is 5.05. The molecule has 0 aromatic carbocycles. The van der Waals surface area contributed by atoms with Gasteiger partial charge in [0.05, 0.1) is 17.3 Å². The number of carbonyl (C=O) groups is 1. The van der Waals surface area contributed by atoms with Gasteiger partial charge in [-0.1, -0.05) is 17.7 Å². The van der Waals surface area contributed by atoms with Crippen molar-refractivity contribution in [1.82, 2.24) is 24.4 Å². The number of amides is 1. The molecule has 1 N–H and O–H groups in total. The Morgan fingerprint density at radius 3 is 2.79 bits per heavy atom. The number of carbonyl (C=O) groups excluding carboxylic acids is 1. The Morgan fingerprint density at radius 1 is 1.21 bits per heavy atom. The zero-order valence-corrected chi connectivity index (χ0v) is 16.0. The van der Waals surface area contributed by atoms with Crippen LogP contribution in [-0.2, 0) is 6.54 Å². The largest absolute Gasteiger partial charge is 0.338 e. The molecular weight excluding hydrogens is 378 g/mol. The Balaban J connectivity index is 1.44. The lowest BCUT2D eigenvalue weighted by molar-refractivity contribution is 0.0708. The van der Waals surface area contributed by atoms with Gasteiger partial charge in [-0.15, -0.1) is 0 Å². The van der Waals surface area contributed by atoms with Crippen molar-refractivity contribution >= 4 is 17.5 Å². The molecule has 4 heterocycles. The Labute approximate surface area is 167 Å². The molecule has 8 heteroatoms. The number of imidazole rings is 1. The number of nitrogens with zero attached hydrogens (tertiary/aromatic N) is 4. The summed E-state index contributed by atoms with van der Waals surface area (Å²) in [5, 5.41) is 0.342. The summed E-state index contributed by atoms with van der Waals surface area (Å²) < 4.78 is 2.12. The van der Waals surface area contributed by atoms with E-state index in [1.54, 1.807) is 17.3 Å². The van der Waals surface area contributed by atoms with Gasteiger partial charge in [-0.3, -0.25) is 14.6 Å². The van der Waals surface area contributed by atoms with Crippen LogP contribution >= 0.6 is 11.6 Å². The summed E-state index contributed by atoms with van der Waals surface area (Å²) in [7, 11) is 0. The highest BCUT2D eigenvalue weighted by molar-refractivity contribution is 6.30. The number of H-pyrrole nitrogens is 1. The third-order valence-corrected chi connectivity index (χ3v) is 5.27. The van der Waals surface area contributed by atoms with E-state index >= 15 is 0 Å². The molecule has 144 valence electrons. The maximum atomic E-state index is 12.7. The molecule has 7 nitrogen and oxygen atoms in total. The molecule has 0 spiro atoms. The molecule has 0 bridgehead atoms. The number of hydrogen-bond donors (Lipinski definition) is 1. The smallest absolute Gasteiger partial charge is 0.260 e. The van der Waals surface area contributed by atoms with Gasteiger partial charge in [0.15, 0.2) is 0 Å². The monoisotopic (exact) mass is 397 g/mol. The van der Waals surface area contributed by atoms with Crippen molar-refractivity contribution < 1.29 is 4.79 Å². The maximum Gasteiger partial charge on any atom is 0.260 e. The second-order valence-electron chi connectivity index (χ2n) is 6.86. The van der Waals surface area contributed by atoms with Crippen LogP contribution in [0.3, 0.4) is 0 Å². The van der Waals surface area contributed by atoms with E-state index < -0.39 is 5.56 Å². The topological polar surface area (TPSA) is 83.9 Å². The highest BCUT2D eigenvalue weighted by Crippen LogP contribution is 2.28. The number of rotatable bonds is 4. The molecule has 0 unspecified atom stereocenters. The number of pyridine rings is 2. The van der Waals surface area contributed by atoms with Gasteiger partial charge in [-0.05, 0) is 31.0 Å². The molecule has 1 aliphatic rings. The second kappa shape index (κ2) is 7.98. The molecule has 4 rings (SSSR count). The van der Waals surface area contributed by atoms with Crippen molar-refractivity contribution in [2.45, 2.75) is 25.3 Å². The minimum Gasteiger partial charge on any atom is -0.338 e. The first kappa shape index (κ1) is 18.4. The fourth-order valence-corrected chi connectivity index (χ4v) is 3.77. The van der Waals surface area contributed by atoms with Gasteiger partial charge < -0.3 is 14.5 Å². The molecule has 0 aliphatic carbocycles. The molecule has 1 amide bonds. The van der Waals surface area contributed by atoms with Gasteiger partial charge in [0.1, 0.15) is 11.4 Å². The Morgan fingerprint density at radius 2 is 2.04 bits per heavy atom. The van der Waals surface area contributed by atoms with Crippen molar-refractivity contribution in [1.29, 1.82) is 0 Å². The second-order valence-corrected chi connectivity index (χ2v) is 7.30. The van der Waals surface area contributed by atoms with E-state index in [0.717, 1.165) is 24.4 Å². The minimum atomic E-state index is -0.414. The lowest BCUT2D eigenvalue weighted by Crippen LogP contribution is -2.40. The first-order valence-electron chi connectivity index (χ1n) is 9.20. The van der Waals surface area contributed by atoms with Crippen LogP contribution in [-0.4, -0.2) is 43.4 Å². The van der Waals surface area contributed by atoms with Crippen molar-refractivity contribution in [3.63, 3.8) is 0 Å². The van der Waals surface area contributed by atoms with E-state index in [2.05, 4.69) is 19.5 Å². The molecule has 0 radical (unpaired) electrons. The van der Waals surface area contributed by atoms with Gasteiger partial charge in [0.25, 0.3) is 11.5 Å². The maximum absolute atomic E-state index is 12.7. The number of aromatic nitrogens is 4. The number of aromatic amines is 1. The summed E-state index contributed by atoms with van der Waals surface area (Å²) in [5.74, 6) is 0.998. The molecule has 1 aliphatic heterocycles. The van der Waals surface area contributed by atoms with E-state index in [4.69, 9.17) is 11.6 Å². The van der Waals surface area contributed by atoms with Crippen LogP contribution in [0.15, 0.2) is 53.8 Å². The zero-order chi connectivity index (χ0) is 19.5. The van der Waals surface area contributed by atoms with Gasteiger partial charge >= 0.3 is 0 Å². The summed E-state index contributed by atoms with van der Waals surface area (Å²) in [6.07, 6.45) is 8.53. The fraction of sp³-hybridized carbons (Fsp3) is 0.300. The molecule has 1 fully saturated rings. The highest BCUT2D eigenvalue weighted by Gasteiger charge is 2.28. The van der Waals surface area contributed by atoms with Crippen molar-refractivity contribution in [2.24, 2.45) is 0 Å². The lowest BCUT2D eigenvalue weighted by atomic mass is 9.95. The van der Waals surface area contributed by atoms with E-state index in [1.807, 2.05) is 24.4 Å². The fourth-order valence-electron chi connectivity index (χ4n) is 3.61. The minimum absolute atomic E-state index is 0.0857. The SMILES string of the molecule is O=C(c1cc(Cl)c[nH]c1=O)N1CCC(c2nccn2Cc2ccccn2)CC1. The van der Waals surface area contributed by atoms with Gasteiger partial charge in [-0.25, -0.2) is 4.98 Å². The van der Waals surface area contributed by atoms with Crippen molar-refractivity contribution in [3.05, 3.63) is 81.5 Å². The van der Waals surface area contributed by atoms with E-state index in [0.29, 0.717) is 24.7 Å². The highest BCUT2D eigenvalue weighted by atomic mass is 35.5. The summed E-state index contributed by atoms with van der Waals surface area (Å²) >= 11 is 5.92. The average Bonchev–Trinajstić information content (AvgIpc) is 3.18. The molecular formula is C20H20ClN5O2. The van der Waals surface area contributed by atoms with Crippen molar-refractivity contribution in [3.8, 4) is 0 Å². The summed E-state index contributed by atoms with van der Waals surface area (Å²) in [4.78, 5) is 37.8. The van der Waals surface area contributed by atoms with Crippen LogP contribution in [0.1, 0.15) is 40.6 Å². The van der Waals surface area contributed by atoms with Gasteiger partial charge in [0.2, 0.25) is 0 Å². The van der Waals surface area contributed by atoms with Crippen LogP contribution in [0.4, 0.5) is 0 Å². The van der Waals surface area contributed by atoms with Crippen LogP contribution in [0, 0.1) is 0 Å². The summed E-state index contributed by atoms with van der Waals surface area (Å²) in [6, 6.07) is 7.29. The van der Waals surface area contributed by atoms with Crippen molar-refractivity contribution in [2.75, 3.05) is 13.1 Å². The standard InChI is InChI=1S/C20H20ClN5O2/c21-15-11-17(19(27)24-12-15)20(28)25-8-4-14(5-9-25)18-23-7-10-26(18)13-16-3-1-2-6-22-16/h1-3,6-7,10-12,14H,4-5,8-9,13H2,(H,24,27). The van der Waals surface area contributed by atoms with E-state index in [-0.39, 0.29) is 17.4 Å². The first-order chi connectivity index (χ1) is 13.6. The number of hydrogen-bond acceptors (Lipinski definition) is 4. The molecule has 1 saturated heterocycles. The molecule has 28 heavy (non-hydrogen) atoms. The predicted octanol–water partition coefficient (Wildman–Crippen LogP) is 2.69. The van der Waals surface area contributed by atoms with Crippen LogP contribution in [0.2, 0.25) is 5.02 Å². The van der Waals surface area contributed by atoms with E-state index in [9.17, 15) is 9.59 Å². The van der Waals surface area contributed by atoms with E-state index in [1.165, 1.54) is 12.3 Å². The Kier molecular flexibility index (Phi) is 5.25. The number of likely N-dealkylation sites (tertiary alicyclic amines) is 1. The number of piperidine rings is 1. The first-order valence-corrected chi connectivity index (χ1v) is 9.58. The molecule has 3 aromatic rings. The van der Waals surface area contributed by atoms with Gasteiger partial charge in [-0.2, -0.15) is 0 Å². The van der Waals surface area contributed by atoms with Crippen LogP contribution in [0.5, 0.6) is 0 Å². The Hall–Kier alpha value is -2.93. The predicted molar refractivity (Wildman–Crippen MR) is 106 cm³/mol. The van der Waals surface area contributed by atoms with Crippen LogP contribution < -0.4 is 5.56 Å². The normalized spacial score (nSPS) is 15.0. The number of nitrogens with one attached hydrogen (secondary N) is 1. The lowest BCUT2D eigenvalue weighted by Gasteiger charge is -2.31. The van der Waals surface area contributed by atoms with Crippen LogP contribution in [0.25, 0.3) is 0 Å².